The molecule has 0 saturated heterocycles. The minimum Gasteiger partial charge on any atom is -0.389 e. The number of amides is 1. The predicted molar refractivity (Wildman–Crippen MR) is 86.3 cm³/mol. The molecule has 1 aromatic rings. The molecule has 0 aromatic heterocycles. The summed E-state index contributed by atoms with van der Waals surface area (Å²) >= 11 is 8.43. The Kier molecular flexibility index (Phi) is 5.75. The fraction of sp³-hybridized carbons (Fsp3) is 0.385. The number of carbonyl (C=O) groups excluding carboxylic acids is 1. The van der Waals surface area contributed by atoms with Gasteiger partial charge in [0.1, 0.15) is 4.99 Å². The zero-order valence-corrected chi connectivity index (χ0v) is 13.4. The molecule has 0 heterocycles. The molecule has 0 unspecified atom stereocenters. The zero-order valence-electron chi connectivity index (χ0n) is 11.0. The van der Waals surface area contributed by atoms with Gasteiger partial charge in [-0.15, -0.1) is 0 Å². The van der Waals surface area contributed by atoms with Crippen molar-refractivity contribution in [2.45, 2.75) is 13.8 Å². The molecule has 6 heteroatoms. The SMILES string of the molecule is CC(C)CN(CC(N)=O)c1ccc(C(N)=S)cc1Br. The Bertz CT molecular complexity index is 491. The van der Waals surface area contributed by atoms with Gasteiger partial charge in [-0.05, 0) is 40.0 Å². The first-order chi connectivity index (χ1) is 8.81. The van der Waals surface area contributed by atoms with Gasteiger partial charge in [-0.1, -0.05) is 26.1 Å². The lowest BCUT2D eigenvalue weighted by Crippen LogP contribution is -2.36. The number of nitrogens with two attached hydrogens (primary N) is 2. The molecular weight excluding hydrogens is 326 g/mol. The highest BCUT2D eigenvalue weighted by Crippen LogP contribution is 2.28. The summed E-state index contributed by atoms with van der Waals surface area (Å²) in [4.78, 5) is 13.5. The summed E-state index contributed by atoms with van der Waals surface area (Å²) in [5, 5.41) is 0. The molecule has 1 rings (SSSR count). The van der Waals surface area contributed by atoms with Crippen LogP contribution in [0, 0.1) is 5.92 Å². The van der Waals surface area contributed by atoms with Crippen molar-refractivity contribution in [3.63, 3.8) is 0 Å². The van der Waals surface area contributed by atoms with Crippen LogP contribution in [0.1, 0.15) is 19.4 Å². The Balaban J connectivity index is 3.07. The van der Waals surface area contributed by atoms with Crippen LogP contribution >= 0.6 is 28.1 Å². The topological polar surface area (TPSA) is 72.3 Å². The van der Waals surface area contributed by atoms with Crippen molar-refractivity contribution in [3.05, 3.63) is 28.2 Å². The third kappa shape index (κ3) is 4.80. The quantitative estimate of drug-likeness (QED) is 0.775. The van der Waals surface area contributed by atoms with Gasteiger partial charge in [0.05, 0.1) is 12.2 Å². The molecule has 1 aromatic carbocycles. The van der Waals surface area contributed by atoms with Crippen LogP contribution < -0.4 is 16.4 Å². The smallest absolute Gasteiger partial charge is 0.236 e. The summed E-state index contributed by atoms with van der Waals surface area (Å²) in [7, 11) is 0. The van der Waals surface area contributed by atoms with Crippen LogP contribution in [-0.2, 0) is 4.79 Å². The van der Waals surface area contributed by atoms with Gasteiger partial charge in [0.15, 0.2) is 0 Å². The number of nitrogens with zero attached hydrogens (tertiary/aromatic N) is 1. The van der Waals surface area contributed by atoms with E-state index in [1.807, 2.05) is 23.1 Å². The standard InChI is InChI=1S/C13H18BrN3OS/c1-8(2)6-17(7-12(15)18)11-4-3-9(13(16)19)5-10(11)14/h3-5,8H,6-7H2,1-2H3,(H2,15,18)(H2,16,19). The summed E-state index contributed by atoms with van der Waals surface area (Å²) < 4.78 is 0.847. The van der Waals surface area contributed by atoms with E-state index in [1.165, 1.54) is 0 Å². The average molecular weight is 344 g/mol. The second-order valence-electron chi connectivity index (χ2n) is 4.77. The van der Waals surface area contributed by atoms with Gasteiger partial charge in [0.25, 0.3) is 0 Å². The number of benzene rings is 1. The molecule has 0 aliphatic carbocycles. The van der Waals surface area contributed by atoms with E-state index in [1.54, 1.807) is 0 Å². The van der Waals surface area contributed by atoms with E-state index in [0.717, 1.165) is 22.3 Å². The normalized spacial score (nSPS) is 10.5. The van der Waals surface area contributed by atoms with Crippen LogP contribution in [0.2, 0.25) is 0 Å². The first-order valence-electron chi connectivity index (χ1n) is 5.94. The van der Waals surface area contributed by atoms with Crippen LogP contribution in [0.5, 0.6) is 0 Å². The summed E-state index contributed by atoms with van der Waals surface area (Å²) in [6, 6.07) is 5.59. The maximum atomic E-state index is 11.2. The van der Waals surface area contributed by atoms with Crippen molar-refractivity contribution in [2.75, 3.05) is 18.0 Å². The van der Waals surface area contributed by atoms with Crippen LogP contribution in [0.3, 0.4) is 0 Å². The molecule has 1 amide bonds. The second-order valence-corrected chi connectivity index (χ2v) is 6.07. The molecule has 4 nitrogen and oxygen atoms in total. The number of rotatable bonds is 6. The highest BCUT2D eigenvalue weighted by molar-refractivity contribution is 9.10. The lowest BCUT2D eigenvalue weighted by atomic mass is 10.1. The number of halogens is 1. The number of anilines is 1. The maximum Gasteiger partial charge on any atom is 0.236 e. The lowest BCUT2D eigenvalue weighted by Gasteiger charge is -2.26. The van der Waals surface area contributed by atoms with E-state index in [-0.39, 0.29) is 12.5 Å². The third-order valence-corrected chi connectivity index (χ3v) is 3.38. The molecule has 0 saturated carbocycles. The summed E-state index contributed by atoms with van der Waals surface area (Å²) in [6.45, 7) is 5.10. The number of hydrogen-bond acceptors (Lipinski definition) is 3. The van der Waals surface area contributed by atoms with Gasteiger partial charge in [-0.2, -0.15) is 0 Å². The van der Waals surface area contributed by atoms with Crippen molar-refractivity contribution in [1.29, 1.82) is 0 Å². The van der Waals surface area contributed by atoms with Crippen LogP contribution in [0.15, 0.2) is 22.7 Å². The fourth-order valence-corrected chi connectivity index (χ4v) is 2.55. The number of hydrogen-bond donors (Lipinski definition) is 2. The van der Waals surface area contributed by atoms with Crippen molar-refractivity contribution in [3.8, 4) is 0 Å². The molecule has 0 spiro atoms. The van der Waals surface area contributed by atoms with Gasteiger partial charge in [-0.25, -0.2) is 0 Å². The van der Waals surface area contributed by atoms with Crippen molar-refractivity contribution in [1.82, 2.24) is 0 Å². The average Bonchev–Trinajstić information content (AvgIpc) is 2.26. The Morgan fingerprint density at radius 2 is 2.05 bits per heavy atom. The second kappa shape index (κ2) is 6.86. The van der Waals surface area contributed by atoms with E-state index in [0.29, 0.717) is 10.9 Å². The minimum atomic E-state index is -0.356. The van der Waals surface area contributed by atoms with E-state index in [4.69, 9.17) is 23.7 Å². The Morgan fingerprint density at radius 3 is 2.47 bits per heavy atom. The molecule has 0 aliphatic heterocycles. The van der Waals surface area contributed by atoms with Crippen LogP contribution in [-0.4, -0.2) is 24.0 Å². The molecule has 0 fully saturated rings. The molecule has 0 atom stereocenters. The number of thiocarbonyl (C=S) groups is 1. The van der Waals surface area contributed by atoms with Crippen molar-refractivity contribution >= 4 is 44.7 Å². The third-order valence-electron chi connectivity index (χ3n) is 2.51. The predicted octanol–water partition coefficient (Wildman–Crippen LogP) is 2.03. The summed E-state index contributed by atoms with van der Waals surface area (Å²) in [6.07, 6.45) is 0. The van der Waals surface area contributed by atoms with E-state index < -0.39 is 0 Å². The molecule has 104 valence electrons. The highest BCUT2D eigenvalue weighted by atomic mass is 79.9. The molecular formula is C13H18BrN3OS. The molecule has 19 heavy (non-hydrogen) atoms. The fourth-order valence-electron chi connectivity index (χ4n) is 1.79. The Morgan fingerprint density at radius 1 is 1.42 bits per heavy atom. The molecule has 0 bridgehead atoms. The van der Waals surface area contributed by atoms with E-state index in [2.05, 4.69) is 29.8 Å². The number of primary amides is 1. The van der Waals surface area contributed by atoms with Gasteiger partial charge < -0.3 is 16.4 Å². The summed E-state index contributed by atoms with van der Waals surface area (Å²) in [5.74, 6) is 0.0625. The summed E-state index contributed by atoms with van der Waals surface area (Å²) in [5.41, 5.74) is 12.6. The molecule has 4 N–H and O–H groups in total. The van der Waals surface area contributed by atoms with Gasteiger partial charge in [0, 0.05) is 16.6 Å². The van der Waals surface area contributed by atoms with Gasteiger partial charge in [-0.3, -0.25) is 4.79 Å². The lowest BCUT2D eigenvalue weighted by molar-refractivity contribution is -0.116. The highest BCUT2D eigenvalue weighted by Gasteiger charge is 2.14. The maximum absolute atomic E-state index is 11.2. The molecule has 0 radical (unpaired) electrons. The molecule has 0 aliphatic rings. The van der Waals surface area contributed by atoms with E-state index in [9.17, 15) is 4.79 Å². The first kappa shape index (κ1) is 15.9. The first-order valence-corrected chi connectivity index (χ1v) is 7.14. The Hall–Kier alpha value is -1.14. The van der Waals surface area contributed by atoms with Crippen LogP contribution in [0.4, 0.5) is 5.69 Å². The Labute approximate surface area is 127 Å². The largest absolute Gasteiger partial charge is 0.389 e. The van der Waals surface area contributed by atoms with Crippen LogP contribution in [0.25, 0.3) is 0 Å². The van der Waals surface area contributed by atoms with Crippen molar-refractivity contribution < 1.29 is 4.79 Å². The van der Waals surface area contributed by atoms with Crippen molar-refractivity contribution in [2.24, 2.45) is 17.4 Å². The zero-order chi connectivity index (χ0) is 14.6. The van der Waals surface area contributed by atoms with E-state index >= 15 is 0 Å². The van der Waals surface area contributed by atoms with Gasteiger partial charge in [0.2, 0.25) is 5.91 Å². The number of carbonyl (C=O) groups is 1. The van der Waals surface area contributed by atoms with Gasteiger partial charge >= 0.3 is 0 Å². The minimum absolute atomic E-state index is 0.184. The monoisotopic (exact) mass is 343 g/mol.